The molecule has 6 heteroatoms. The SMILES string of the molecule is CN1CCN(C(=O)c2cccc(C(=O)Nc3cccc(F)c3)c2)CC1. The first-order chi connectivity index (χ1) is 12.0. The molecule has 130 valence electrons. The molecule has 1 fully saturated rings. The molecule has 2 aromatic rings. The number of anilines is 1. The second kappa shape index (κ2) is 7.44. The Morgan fingerprint density at radius 1 is 0.960 bits per heavy atom. The van der Waals surface area contributed by atoms with Crippen LogP contribution in [0.2, 0.25) is 0 Å². The molecule has 2 amide bonds. The van der Waals surface area contributed by atoms with Gasteiger partial charge in [0.25, 0.3) is 11.8 Å². The normalized spacial score (nSPS) is 15.0. The van der Waals surface area contributed by atoms with Crippen LogP contribution in [0.4, 0.5) is 10.1 Å². The lowest BCUT2D eigenvalue weighted by Crippen LogP contribution is -2.47. The molecule has 0 bridgehead atoms. The van der Waals surface area contributed by atoms with E-state index in [2.05, 4.69) is 10.2 Å². The fourth-order valence-electron chi connectivity index (χ4n) is 2.76. The van der Waals surface area contributed by atoms with Crippen molar-refractivity contribution in [1.29, 1.82) is 0 Å². The van der Waals surface area contributed by atoms with Crippen molar-refractivity contribution >= 4 is 17.5 Å². The predicted octanol–water partition coefficient (Wildman–Crippen LogP) is 2.47. The van der Waals surface area contributed by atoms with E-state index in [0.717, 1.165) is 13.1 Å². The molecule has 1 aliphatic rings. The molecule has 0 aromatic heterocycles. The number of nitrogens with one attached hydrogen (secondary N) is 1. The van der Waals surface area contributed by atoms with Gasteiger partial charge < -0.3 is 15.1 Å². The van der Waals surface area contributed by atoms with Gasteiger partial charge in [0.05, 0.1) is 0 Å². The molecule has 0 saturated carbocycles. The summed E-state index contributed by atoms with van der Waals surface area (Å²) in [7, 11) is 2.03. The Balaban J connectivity index is 1.72. The summed E-state index contributed by atoms with van der Waals surface area (Å²) in [6, 6.07) is 12.3. The van der Waals surface area contributed by atoms with Gasteiger partial charge in [-0.2, -0.15) is 0 Å². The summed E-state index contributed by atoms with van der Waals surface area (Å²) < 4.78 is 13.2. The molecule has 5 nitrogen and oxygen atoms in total. The van der Waals surface area contributed by atoms with Gasteiger partial charge in [0, 0.05) is 43.0 Å². The summed E-state index contributed by atoms with van der Waals surface area (Å²) in [6.07, 6.45) is 0. The highest BCUT2D eigenvalue weighted by atomic mass is 19.1. The van der Waals surface area contributed by atoms with E-state index in [0.29, 0.717) is 29.9 Å². The zero-order valence-electron chi connectivity index (χ0n) is 14.0. The largest absolute Gasteiger partial charge is 0.336 e. The van der Waals surface area contributed by atoms with E-state index in [9.17, 15) is 14.0 Å². The molecule has 3 rings (SSSR count). The maximum absolute atomic E-state index is 13.2. The number of rotatable bonds is 3. The van der Waals surface area contributed by atoms with Crippen LogP contribution >= 0.6 is 0 Å². The Labute approximate surface area is 146 Å². The summed E-state index contributed by atoms with van der Waals surface area (Å²) in [5.74, 6) is -0.871. The number of amides is 2. The Kier molecular flexibility index (Phi) is 5.09. The average Bonchev–Trinajstić information content (AvgIpc) is 2.62. The Morgan fingerprint density at radius 2 is 1.64 bits per heavy atom. The van der Waals surface area contributed by atoms with Crippen molar-refractivity contribution in [3.8, 4) is 0 Å². The third kappa shape index (κ3) is 4.22. The number of hydrogen-bond donors (Lipinski definition) is 1. The monoisotopic (exact) mass is 341 g/mol. The lowest BCUT2D eigenvalue weighted by molar-refractivity contribution is 0.0664. The molecular weight excluding hydrogens is 321 g/mol. The quantitative estimate of drug-likeness (QED) is 0.933. The van der Waals surface area contributed by atoms with Crippen LogP contribution in [-0.4, -0.2) is 54.8 Å². The molecule has 25 heavy (non-hydrogen) atoms. The number of piperazine rings is 1. The summed E-state index contributed by atoms with van der Waals surface area (Å²) in [5.41, 5.74) is 1.22. The second-order valence-electron chi connectivity index (χ2n) is 6.14. The van der Waals surface area contributed by atoms with Gasteiger partial charge in [-0.25, -0.2) is 4.39 Å². The minimum atomic E-state index is -0.420. The average molecular weight is 341 g/mol. The van der Waals surface area contributed by atoms with Crippen LogP contribution in [-0.2, 0) is 0 Å². The number of carbonyl (C=O) groups excluding carboxylic acids is 2. The van der Waals surface area contributed by atoms with E-state index in [4.69, 9.17) is 0 Å². The number of halogens is 1. The molecular formula is C19H20FN3O2. The summed E-state index contributed by atoms with van der Waals surface area (Å²) in [4.78, 5) is 28.9. The molecule has 2 aromatic carbocycles. The van der Waals surface area contributed by atoms with Crippen LogP contribution in [0.3, 0.4) is 0 Å². The highest BCUT2D eigenvalue weighted by Gasteiger charge is 2.21. The first kappa shape index (κ1) is 17.1. The molecule has 1 heterocycles. The van der Waals surface area contributed by atoms with Crippen LogP contribution in [0.25, 0.3) is 0 Å². The number of benzene rings is 2. The van der Waals surface area contributed by atoms with E-state index in [1.54, 1.807) is 35.2 Å². The van der Waals surface area contributed by atoms with Crippen molar-refractivity contribution in [2.24, 2.45) is 0 Å². The van der Waals surface area contributed by atoms with Gasteiger partial charge in [-0.05, 0) is 43.4 Å². The number of hydrogen-bond acceptors (Lipinski definition) is 3. The highest BCUT2D eigenvalue weighted by molar-refractivity contribution is 6.06. The van der Waals surface area contributed by atoms with Crippen molar-refractivity contribution in [3.63, 3.8) is 0 Å². The molecule has 0 radical (unpaired) electrons. The van der Waals surface area contributed by atoms with E-state index in [-0.39, 0.29) is 11.8 Å². The van der Waals surface area contributed by atoms with Gasteiger partial charge >= 0.3 is 0 Å². The molecule has 0 spiro atoms. The number of nitrogens with zero attached hydrogens (tertiary/aromatic N) is 2. The second-order valence-corrected chi connectivity index (χ2v) is 6.14. The lowest BCUT2D eigenvalue weighted by Gasteiger charge is -2.32. The molecule has 1 saturated heterocycles. The fourth-order valence-corrected chi connectivity index (χ4v) is 2.76. The zero-order valence-corrected chi connectivity index (χ0v) is 14.0. The van der Waals surface area contributed by atoms with Crippen molar-refractivity contribution in [2.45, 2.75) is 0 Å². The van der Waals surface area contributed by atoms with Crippen LogP contribution in [0, 0.1) is 5.82 Å². The van der Waals surface area contributed by atoms with Gasteiger partial charge in [0.15, 0.2) is 0 Å². The Bertz CT molecular complexity index is 786. The number of likely N-dealkylation sites (N-methyl/N-ethyl adjacent to an activating group) is 1. The molecule has 0 aliphatic carbocycles. The molecule has 1 N–H and O–H groups in total. The van der Waals surface area contributed by atoms with Crippen molar-refractivity contribution in [3.05, 3.63) is 65.5 Å². The maximum atomic E-state index is 13.2. The summed E-state index contributed by atoms with van der Waals surface area (Å²) in [5, 5.41) is 2.64. The first-order valence-electron chi connectivity index (χ1n) is 8.18. The van der Waals surface area contributed by atoms with Crippen LogP contribution < -0.4 is 5.32 Å². The predicted molar refractivity (Wildman–Crippen MR) is 94.2 cm³/mol. The van der Waals surface area contributed by atoms with Crippen molar-refractivity contribution < 1.29 is 14.0 Å². The maximum Gasteiger partial charge on any atom is 0.255 e. The molecule has 0 atom stereocenters. The lowest BCUT2D eigenvalue weighted by atomic mass is 10.1. The third-order valence-corrected chi connectivity index (χ3v) is 4.24. The highest BCUT2D eigenvalue weighted by Crippen LogP contribution is 2.14. The van der Waals surface area contributed by atoms with Crippen molar-refractivity contribution in [1.82, 2.24) is 9.80 Å². The summed E-state index contributed by atoms with van der Waals surface area (Å²) in [6.45, 7) is 3.03. The van der Waals surface area contributed by atoms with Gasteiger partial charge in [-0.15, -0.1) is 0 Å². The van der Waals surface area contributed by atoms with Crippen LogP contribution in [0.15, 0.2) is 48.5 Å². The smallest absolute Gasteiger partial charge is 0.255 e. The number of carbonyl (C=O) groups is 2. The van der Waals surface area contributed by atoms with E-state index in [1.807, 2.05) is 7.05 Å². The van der Waals surface area contributed by atoms with E-state index in [1.165, 1.54) is 18.2 Å². The van der Waals surface area contributed by atoms with Crippen LogP contribution in [0.1, 0.15) is 20.7 Å². The Hall–Kier alpha value is -2.73. The molecule has 1 aliphatic heterocycles. The van der Waals surface area contributed by atoms with Gasteiger partial charge in [-0.1, -0.05) is 12.1 Å². The third-order valence-electron chi connectivity index (χ3n) is 4.24. The summed E-state index contributed by atoms with van der Waals surface area (Å²) >= 11 is 0. The van der Waals surface area contributed by atoms with E-state index >= 15 is 0 Å². The minimum absolute atomic E-state index is 0.0755. The fraction of sp³-hybridized carbons (Fsp3) is 0.263. The molecule has 0 unspecified atom stereocenters. The Morgan fingerprint density at radius 3 is 2.36 bits per heavy atom. The van der Waals surface area contributed by atoms with Crippen LogP contribution in [0.5, 0.6) is 0 Å². The standard InChI is InChI=1S/C19H20FN3O2/c1-22-8-10-23(11-9-22)19(25)15-5-2-4-14(12-15)18(24)21-17-7-3-6-16(20)13-17/h2-7,12-13H,8-11H2,1H3,(H,21,24). The first-order valence-corrected chi connectivity index (χ1v) is 8.18. The minimum Gasteiger partial charge on any atom is -0.336 e. The van der Waals surface area contributed by atoms with Gasteiger partial charge in [0.2, 0.25) is 0 Å². The van der Waals surface area contributed by atoms with E-state index < -0.39 is 5.82 Å². The van der Waals surface area contributed by atoms with Crippen molar-refractivity contribution in [2.75, 3.05) is 38.5 Å². The van der Waals surface area contributed by atoms with Gasteiger partial charge in [-0.3, -0.25) is 9.59 Å². The topological polar surface area (TPSA) is 52.7 Å². The zero-order chi connectivity index (χ0) is 17.8. The van der Waals surface area contributed by atoms with Gasteiger partial charge in [0.1, 0.15) is 5.82 Å².